The highest BCUT2D eigenvalue weighted by Gasteiger charge is 2.08. The van der Waals surface area contributed by atoms with E-state index in [9.17, 15) is 14.4 Å². The van der Waals surface area contributed by atoms with Gasteiger partial charge < -0.3 is 10.1 Å². The van der Waals surface area contributed by atoms with Gasteiger partial charge in [-0.1, -0.05) is 35.5 Å². The molecule has 2 N–H and O–H groups in total. The number of rotatable bonds is 7. The van der Waals surface area contributed by atoms with Gasteiger partial charge in [0.05, 0.1) is 12.7 Å². The minimum Gasteiger partial charge on any atom is -0.452 e. The van der Waals surface area contributed by atoms with Crippen LogP contribution in [0.15, 0.2) is 42.6 Å². The second-order valence-electron chi connectivity index (χ2n) is 5.18. The lowest BCUT2D eigenvalue weighted by molar-refractivity contribution is -0.143. The van der Waals surface area contributed by atoms with Crippen molar-refractivity contribution >= 4 is 24.0 Å². The molecular weight excluding hydrogens is 338 g/mol. The van der Waals surface area contributed by atoms with Crippen molar-refractivity contribution < 1.29 is 19.1 Å². The van der Waals surface area contributed by atoms with E-state index in [0.29, 0.717) is 18.8 Å². The maximum atomic E-state index is 11.6. The minimum atomic E-state index is -0.728. The molecule has 0 aliphatic rings. The van der Waals surface area contributed by atoms with Crippen molar-refractivity contribution in [3.05, 3.63) is 53.9 Å². The molecule has 0 aliphatic carbocycles. The van der Waals surface area contributed by atoms with Gasteiger partial charge in [-0.05, 0) is 18.6 Å². The molecule has 0 unspecified atom stereocenters. The summed E-state index contributed by atoms with van der Waals surface area (Å²) in [5, 5.41) is 12.3. The first kappa shape index (κ1) is 18.8. The van der Waals surface area contributed by atoms with Crippen molar-refractivity contribution in [1.29, 1.82) is 0 Å². The molecule has 0 bridgehead atoms. The Hall–Kier alpha value is -3.49. The molecule has 0 atom stereocenters. The summed E-state index contributed by atoms with van der Waals surface area (Å²) in [6, 6.07) is 9.11. The lowest BCUT2D eigenvalue weighted by Crippen LogP contribution is -2.41. The Morgan fingerprint density at radius 2 is 2.00 bits per heavy atom. The van der Waals surface area contributed by atoms with E-state index in [-0.39, 0.29) is 0 Å². The zero-order chi connectivity index (χ0) is 18.8. The van der Waals surface area contributed by atoms with Gasteiger partial charge in [0.15, 0.2) is 6.61 Å². The van der Waals surface area contributed by atoms with E-state index in [1.807, 2.05) is 35.6 Å². The highest BCUT2D eigenvalue weighted by Crippen LogP contribution is 2.03. The van der Waals surface area contributed by atoms with E-state index in [1.54, 1.807) is 17.8 Å². The fraction of sp³-hybridized carbons (Fsp3) is 0.235. The molecule has 0 spiro atoms. The SMILES string of the molecule is CCNC(=O)NC(=O)COC(=O)/C=C/c1cn(Cc2ccccc2)nn1. The molecule has 1 heterocycles. The second-order valence-corrected chi connectivity index (χ2v) is 5.18. The molecule has 1 aromatic heterocycles. The van der Waals surface area contributed by atoms with Gasteiger partial charge in [-0.15, -0.1) is 5.10 Å². The summed E-state index contributed by atoms with van der Waals surface area (Å²) in [4.78, 5) is 34.1. The van der Waals surface area contributed by atoms with E-state index < -0.39 is 24.5 Å². The quantitative estimate of drug-likeness (QED) is 0.557. The molecular formula is C17H19N5O4. The Balaban J connectivity index is 1.77. The van der Waals surface area contributed by atoms with Crippen LogP contribution in [-0.2, 0) is 20.9 Å². The standard InChI is InChI=1S/C17H19N5O4/c1-2-18-17(25)19-15(23)12-26-16(24)9-8-14-11-22(21-20-14)10-13-6-4-3-5-7-13/h3-9,11H,2,10,12H2,1H3,(H2,18,19,23,25)/b9-8+. The smallest absolute Gasteiger partial charge is 0.331 e. The third-order valence-corrected chi connectivity index (χ3v) is 3.07. The summed E-state index contributed by atoms with van der Waals surface area (Å²) in [7, 11) is 0. The fourth-order valence-corrected chi connectivity index (χ4v) is 1.94. The maximum Gasteiger partial charge on any atom is 0.331 e. The Morgan fingerprint density at radius 1 is 1.23 bits per heavy atom. The zero-order valence-corrected chi connectivity index (χ0v) is 14.2. The van der Waals surface area contributed by atoms with Crippen LogP contribution in [0.2, 0.25) is 0 Å². The van der Waals surface area contributed by atoms with Crippen LogP contribution in [0.25, 0.3) is 6.08 Å². The number of hydrogen-bond donors (Lipinski definition) is 2. The summed E-state index contributed by atoms with van der Waals surface area (Å²) < 4.78 is 6.37. The molecule has 0 radical (unpaired) electrons. The van der Waals surface area contributed by atoms with E-state index in [1.165, 1.54) is 6.08 Å². The lowest BCUT2D eigenvalue weighted by atomic mass is 10.2. The van der Waals surface area contributed by atoms with Crippen LogP contribution in [0.4, 0.5) is 4.79 Å². The molecule has 26 heavy (non-hydrogen) atoms. The molecule has 2 aromatic rings. The van der Waals surface area contributed by atoms with Gasteiger partial charge in [0, 0.05) is 12.6 Å². The fourth-order valence-electron chi connectivity index (χ4n) is 1.94. The van der Waals surface area contributed by atoms with Gasteiger partial charge in [-0.3, -0.25) is 10.1 Å². The Bertz CT molecular complexity index is 785. The Labute approximate surface area is 150 Å². The highest BCUT2D eigenvalue weighted by molar-refractivity contribution is 5.96. The maximum absolute atomic E-state index is 11.6. The number of imide groups is 1. The number of carbonyl (C=O) groups excluding carboxylic acids is 3. The first-order valence-electron chi connectivity index (χ1n) is 7.93. The molecule has 3 amide bonds. The zero-order valence-electron chi connectivity index (χ0n) is 14.2. The van der Waals surface area contributed by atoms with Crippen molar-refractivity contribution in [1.82, 2.24) is 25.6 Å². The highest BCUT2D eigenvalue weighted by atomic mass is 16.5. The molecule has 9 heteroatoms. The molecule has 0 saturated heterocycles. The summed E-state index contributed by atoms with van der Waals surface area (Å²) in [5.74, 6) is -1.44. The topological polar surface area (TPSA) is 115 Å². The van der Waals surface area contributed by atoms with Crippen LogP contribution in [-0.4, -0.2) is 46.1 Å². The predicted octanol–water partition coefficient (Wildman–Crippen LogP) is 0.728. The number of nitrogens with one attached hydrogen (secondary N) is 2. The van der Waals surface area contributed by atoms with Crippen LogP contribution in [0.1, 0.15) is 18.2 Å². The van der Waals surface area contributed by atoms with E-state index in [0.717, 1.165) is 11.6 Å². The average molecular weight is 357 g/mol. The van der Waals surface area contributed by atoms with Crippen LogP contribution in [0, 0.1) is 0 Å². The average Bonchev–Trinajstić information content (AvgIpc) is 3.06. The molecule has 1 aromatic carbocycles. The predicted molar refractivity (Wildman–Crippen MR) is 92.8 cm³/mol. The second kappa shape index (κ2) is 9.72. The lowest BCUT2D eigenvalue weighted by Gasteiger charge is -2.04. The number of ether oxygens (including phenoxy) is 1. The van der Waals surface area contributed by atoms with Crippen molar-refractivity contribution in [2.24, 2.45) is 0 Å². The normalized spacial score (nSPS) is 10.5. The summed E-state index contributed by atoms with van der Waals surface area (Å²) >= 11 is 0. The van der Waals surface area contributed by atoms with Crippen LogP contribution < -0.4 is 10.6 Å². The number of esters is 1. The van der Waals surface area contributed by atoms with Crippen molar-refractivity contribution in [3.63, 3.8) is 0 Å². The first-order chi connectivity index (χ1) is 12.6. The van der Waals surface area contributed by atoms with Crippen LogP contribution in [0.3, 0.4) is 0 Å². The minimum absolute atomic E-state index is 0.382. The van der Waals surface area contributed by atoms with E-state index in [4.69, 9.17) is 4.74 Å². The Kier molecular flexibility index (Phi) is 7.04. The number of urea groups is 1. The van der Waals surface area contributed by atoms with Crippen molar-refractivity contribution in [3.8, 4) is 0 Å². The number of hydrogen-bond acceptors (Lipinski definition) is 6. The third-order valence-electron chi connectivity index (χ3n) is 3.07. The molecule has 2 rings (SSSR count). The monoisotopic (exact) mass is 357 g/mol. The van der Waals surface area contributed by atoms with Gasteiger partial charge >= 0.3 is 12.0 Å². The van der Waals surface area contributed by atoms with Crippen molar-refractivity contribution in [2.45, 2.75) is 13.5 Å². The third kappa shape index (κ3) is 6.56. The molecule has 9 nitrogen and oxygen atoms in total. The van der Waals surface area contributed by atoms with Crippen molar-refractivity contribution in [2.75, 3.05) is 13.2 Å². The molecule has 0 fully saturated rings. The van der Waals surface area contributed by atoms with Gasteiger partial charge in [-0.25, -0.2) is 14.3 Å². The number of carbonyl (C=O) groups is 3. The number of nitrogens with zero attached hydrogens (tertiary/aromatic N) is 3. The summed E-state index contributed by atoms with van der Waals surface area (Å²) in [5.41, 5.74) is 1.55. The largest absolute Gasteiger partial charge is 0.452 e. The molecule has 0 saturated carbocycles. The summed E-state index contributed by atoms with van der Waals surface area (Å²) in [6.45, 7) is 2.10. The summed E-state index contributed by atoms with van der Waals surface area (Å²) in [6.07, 6.45) is 4.24. The molecule has 136 valence electrons. The molecule has 0 aliphatic heterocycles. The van der Waals surface area contributed by atoms with Gasteiger partial charge in [0.2, 0.25) is 0 Å². The van der Waals surface area contributed by atoms with Gasteiger partial charge in [-0.2, -0.15) is 0 Å². The Morgan fingerprint density at radius 3 is 2.73 bits per heavy atom. The van der Waals surface area contributed by atoms with Crippen LogP contribution in [0.5, 0.6) is 0 Å². The van der Waals surface area contributed by atoms with E-state index >= 15 is 0 Å². The number of benzene rings is 1. The van der Waals surface area contributed by atoms with Gasteiger partial charge in [0.1, 0.15) is 5.69 Å². The number of amides is 3. The van der Waals surface area contributed by atoms with Crippen LogP contribution >= 0.6 is 0 Å². The van der Waals surface area contributed by atoms with E-state index in [2.05, 4.69) is 15.6 Å². The number of aromatic nitrogens is 3. The van der Waals surface area contributed by atoms with Gasteiger partial charge in [0.25, 0.3) is 5.91 Å². The first-order valence-corrected chi connectivity index (χ1v) is 7.93.